The van der Waals surface area contributed by atoms with Crippen LogP contribution in [-0.2, 0) is 4.79 Å². The van der Waals surface area contributed by atoms with Crippen LogP contribution in [0.4, 0.5) is 0 Å². The third kappa shape index (κ3) is 6.47. The Labute approximate surface area is 152 Å². The molecule has 5 nitrogen and oxygen atoms in total. The first-order chi connectivity index (χ1) is 12.1. The highest BCUT2D eigenvalue weighted by Crippen LogP contribution is 2.21. The lowest BCUT2D eigenvalue weighted by atomic mass is 10.2. The van der Waals surface area contributed by atoms with Gasteiger partial charge in [-0.15, -0.1) is 0 Å². The van der Waals surface area contributed by atoms with E-state index >= 15 is 0 Å². The van der Waals surface area contributed by atoms with Crippen LogP contribution in [0, 0.1) is 6.92 Å². The number of carbonyl (C=O) groups is 1. The number of benzene rings is 2. The van der Waals surface area contributed by atoms with Crippen molar-refractivity contribution in [3.8, 4) is 11.5 Å². The second-order valence-corrected chi connectivity index (χ2v) is 5.87. The van der Waals surface area contributed by atoms with Crippen molar-refractivity contribution in [2.45, 2.75) is 19.8 Å². The van der Waals surface area contributed by atoms with Crippen molar-refractivity contribution in [1.29, 1.82) is 0 Å². The summed E-state index contributed by atoms with van der Waals surface area (Å²) in [5.41, 5.74) is 4.32. The zero-order valence-corrected chi connectivity index (χ0v) is 15.0. The number of hydrogen-bond donors (Lipinski definition) is 1. The lowest BCUT2D eigenvalue weighted by molar-refractivity contribution is -0.121. The molecule has 0 atom stereocenters. The summed E-state index contributed by atoms with van der Waals surface area (Å²) in [6.45, 7) is 2.39. The fourth-order valence-electron chi connectivity index (χ4n) is 2.15. The van der Waals surface area contributed by atoms with Gasteiger partial charge in [0.1, 0.15) is 11.5 Å². The molecule has 0 aliphatic heterocycles. The van der Waals surface area contributed by atoms with Crippen molar-refractivity contribution >= 4 is 23.7 Å². The topological polar surface area (TPSA) is 59.9 Å². The van der Waals surface area contributed by atoms with Gasteiger partial charge in [-0.05, 0) is 54.8 Å². The maximum Gasteiger partial charge on any atom is 0.240 e. The lowest BCUT2D eigenvalue weighted by Crippen LogP contribution is -2.18. The van der Waals surface area contributed by atoms with E-state index in [-0.39, 0.29) is 5.91 Å². The first kappa shape index (κ1) is 18.8. The highest BCUT2D eigenvalue weighted by Gasteiger charge is 2.03. The quantitative estimate of drug-likeness (QED) is 0.440. The second kappa shape index (κ2) is 9.69. The van der Waals surface area contributed by atoms with Crippen molar-refractivity contribution in [1.82, 2.24) is 5.43 Å². The number of methoxy groups -OCH3 is 1. The molecule has 1 N–H and O–H groups in total. The molecule has 2 aromatic carbocycles. The van der Waals surface area contributed by atoms with Gasteiger partial charge in [-0.1, -0.05) is 23.7 Å². The molecule has 0 aliphatic rings. The summed E-state index contributed by atoms with van der Waals surface area (Å²) in [4.78, 5) is 11.8. The van der Waals surface area contributed by atoms with Gasteiger partial charge in [0, 0.05) is 11.4 Å². The molecular weight excluding hydrogens is 340 g/mol. The molecule has 0 aromatic heterocycles. The van der Waals surface area contributed by atoms with Crippen LogP contribution in [0.1, 0.15) is 24.0 Å². The number of rotatable bonds is 8. The Kier molecular flexibility index (Phi) is 7.29. The van der Waals surface area contributed by atoms with Crippen LogP contribution in [0.25, 0.3) is 0 Å². The van der Waals surface area contributed by atoms with Crippen molar-refractivity contribution < 1.29 is 14.3 Å². The molecular formula is C19H21ClN2O3. The molecule has 2 rings (SSSR count). The van der Waals surface area contributed by atoms with Gasteiger partial charge in [0.2, 0.25) is 5.91 Å². The molecule has 0 aliphatic carbocycles. The highest BCUT2D eigenvalue weighted by atomic mass is 35.5. The van der Waals surface area contributed by atoms with Crippen LogP contribution < -0.4 is 14.9 Å². The van der Waals surface area contributed by atoms with Crippen LogP contribution in [0.3, 0.4) is 0 Å². The van der Waals surface area contributed by atoms with E-state index < -0.39 is 0 Å². The summed E-state index contributed by atoms with van der Waals surface area (Å²) in [5, 5.41) is 4.62. The number of halogens is 1. The summed E-state index contributed by atoms with van der Waals surface area (Å²) in [6, 6.07) is 12.9. The monoisotopic (exact) mass is 360 g/mol. The molecule has 0 radical (unpaired) electrons. The van der Waals surface area contributed by atoms with E-state index in [1.54, 1.807) is 19.4 Å². The van der Waals surface area contributed by atoms with E-state index in [0.29, 0.717) is 24.5 Å². The van der Waals surface area contributed by atoms with Crippen molar-refractivity contribution in [3.63, 3.8) is 0 Å². The summed E-state index contributed by atoms with van der Waals surface area (Å²) in [6.07, 6.45) is 2.51. The minimum Gasteiger partial charge on any atom is -0.497 e. The molecule has 0 spiro atoms. The number of nitrogens with one attached hydrogen (secondary N) is 1. The Hall–Kier alpha value is -2.53. The first-order valence-electron chi connectivity index (χ1n) is 7.93. The molecule has 25 heavy (non-hydrogen) atoms. The predicted molar refractivity (Wildman–Crippen MR) is 99.6 cm³/mol. The predicted octanol–water partition coefficient (Wildman–Crippen LogP) is 3.97. The van der Waals surface area contributed by atoms with E-state index in [1.165, 1.54) is 0 Å². The van der Waals surface area contributed by atoms with E-state index in [4.69, 9.17) is 21.1 Å². The number of carbonyl (C=O) groups excluding carboxylic acids is 1. The number of nitrogens with zero attached hydrogens (tertiary/aromatic N) is 1. The van der Waals surface area contributed by atoms with E-state index in [0.717, 1.165) is 22.6 Å². The number of hydrazone groups is 1. The molecule has 1 amide bonds. The van der Waals surface area contributed by atoms with Crippen LogP contribution in [0.5, 0.6) is 11.5 Å². The van der Waals surface area contributed by atoms with Crippen molar-refractivity contribution in [2.24, 2.45) is 5.10 Å². The smallest absolute Gasteiger partial charge is 0.240 e. The van der Waals surface area contributed by atoms with E-state index in [2.05, 4.69) is 10.5 Å². The van der Waals surface area contributed by atoms with Crippen LogP contribution in [0.15, 0.2) is 47.6 Å². The third-order valence-corrected chi connectivity index (χ3v) is 3.67. The standard InChI is InChI=1S/C19H21ClN2O3/c1-14-11-16(20)8-9-18(14)25-10-4-7-19(23)22-21-13-15-5-3-6-17(12-15)24-2/h3,5-6,8-9,11-13H,4,7,10H2,1-2H3,(H,22,23)/b21-13+. The summed E-state index contributed by atoms with van der Waals surface area (Å²) < 4.78 is 10.8. The molecule has 0 bridgehead atoms. The molecule has 6 heteroatoms. The first-order valence-corrected chi connectivity index (χ1v) is 8.31. The second-order valence-electron chi connectivity index (χ2n) is 5.43. The maximum absolute atomic E-state index is 11.8. The van der Waals surface area contributed by atoms with Crippen LogP contribution in [0.2, 0.25) is 5.02 Å². The number of ether oxygens (including phenoxy) is 2. The van der Waals surface area contributed by atoms with E-state index in [1.807, 2.05) is 43.3 Å². The summed E-state index contributed by atoms with van der Waals surface area (Å²) in [5.74, 6) is 1.36. The SMILES string of the molecule is COc1cccc(/C=N/NC(=O)CCCOc2ccc(Cl)cc2C)c1. The Morgan fingerprint density at radius 1 is 1.28 bits per heavy atom. The van der Waals surface area contributed by atoms with Crippen LogP contribution in [-0.4, -0.2) is 25.8 Å². The van der Waals surface area contributed by atoms with Gasteiger partial charge in [0.15, 0.2) is 0 Å². The molecule has 2 aromatic rings. The number of aryl methyl sites for hydroxylation is 1. The van der Waals surface area contributed by atoms with Gasteiger partial charge in [-0.25, -0.2) is 5.43 Å². The summed E-state index contributed by atoms with van der Waals surface area (Å²) >= 11 is 5.90. The molecule has 0 unspecified atom stereocenters. The van der Waals surface area contributed by atoms with Gasteiger partial charge in [-0.3, -0.25) is 4.79 Å². The van der Waals surface area contributed by atoms with Gasteiger partial charge in [-0.2, -0.15) is 5.10 Å². The fraction of sp³-hybridized carbons (Fsp3) is 0.263. The number of hydrogen-bond acceptors (Lipinski definition) is 4. The van der Waals surface area contributed by atoms with E-state index in [9.17, 15) is 4.79 Å². The average Bonchev–Trinajstić information content (AvgIpc) is 2.60. The molecule has 0 fully saturated rings. The van der Waals surface area contributed by atoms with Crippen molar-refractivity contribution in [2.75, 3.05) is 13.7 Å². The van der Waals surface area contributed by atoms with Gasteiger partial charge in [0.05, 0.1) is 19.9 Å². The minimum atomic E-state index is -0.157. The summed E-state index contributed by atoms with van der Waals surface area (Å²) in [7, 11) is 1.60. The average molecular weight is 361 g/mol. The molecule has 0 saturated carbocycles. The Morgan fingerprint density at radius 3 is 2.88 bits per heavy atom. The largest absolute Gasteiger partial charge is 0.497 e. The number of amides is 1. The van der Waals surface area contributed by atoms with Gasteiger partial charge >= 0.3 is 0 Å². The zero-order valence-electron chi connectivity index (χ0n) is 14.3. The molecule has 0 saturated heterocycles. The highest BCUT2D eigenvalue weighted by molar-refractivity contribution is 6.30. The van der Waals surface area contributed by atoms with Gasteiger partial charge < -0.3 is 9.47 Å². The lowest BCUT2D eigenvalue weighted by Gasteiger charge is -2.08. The Morgan fingerprint density at radius 2 is 2.12 bits per heavy atom. The Balaban J connectivity index is 1.69. The van der Waals surface area contributed by atoms with Crippen LogP contribution >= 0.6 is 11.6 Å². The maximum atomic E-state index is 11.8. The van der Waals surface area contributed by atoms with Gasteiger partial charge in [0.25, 0.3) is 0 Å². The zero-order chi connectivity index (χ0) is 18.1. The normalized spacial score (nSPS) is 10.7. The minimum absolute atomic E-state index is 0.157. The van der Waals surface area contributed by atoms with Crippen molar-refractivity contribution in [3.05, 3.63) is 58.6 Å². The fourth-order valence-corrected chi connectivity index (χ4v) is 2.37. The Bertz CT molecular complexity index is 747. The molecule has 0 heterocycles. The molecule has 132 valence electrons. The third-order valence-electron chi connectivity index (χ3n) is 3.44.